The summed E-state index contributed by atoms with van der Waals surface area (Å²) >= 11 is 0. The van der Waals surface area contributed by atoms with Crippen LogP contribution in [0.2, 0.25) is 0 Å². The fourth-order valence-electron chi connectivity index (χ4n) is 1.84. The number of aryl methyl sites for hydroxylation is 1. The first-order chi connectivity index (χ1) is 7.26. The number of methoxy groups -OCH3 is 1. The molecule has 1 N–H and O–H groups in total. The molecule has 5 nitrogen and oxygen atoms in total. The van der Waals surface area contributed by atoms with Crippen molar-refractivity contribution in [1.82, 2.24) is 15.6 Å². The molecule has 0 atom stereocenters. The van der Waals surface area contributed by atoms with Crippen molar-refractivity contribution >= 4 is 0 Å². The zero-order valence-corrected chi connectivity index (χ0v) is 9.25. The molecule has 5 heteroatoms. The average molecular weight is 211 g/mol. The van der Waals surface area contributed by atoms with Crippen molar-refractivity contribution in [3.63, 3.8) is 0 Å². The maximum absolute atomic E-state index is 5.50. The minimum atomic E-state index is 0.0606. The van der Waals surface area contributed by atoms with Gasteiger partial charge < -0.3 is 10.1 Å². The van der Waals surface area contributed by atoms with Crippen molar-refractivity contribution < 1.29 is 9.37 Å². The van der Waals surface area contributed by atoms with Crippen LogP contribution in [0, 0.1) is 6.92 Å². The van der Waals surface area contributed by atoms with E-state index >= 15 is 0 Å². The third kappa shape index (κ3) is 2.18. The van der Waals surface area contributed by atoms with E-state index in [0.29, 0.717) is 6.54 Å². The summed E-state index contributed by atoms with van der Waals surface area (Å²) in [7, 11) is 1.78. The van der Waals surface area contributed by atoms with Gasteiger partial charge in [0, 0.05) is 20.2 Å². The summed E-state index contributed by atoms with van der Waals surface area (Å²) in [4.78, 5) is 0. The Labute approximate surface area is 89.1 Å². The van der Waals surface area contributed by atoms with Crippen molar-refractivity contribution in [3.8, 4) is 0 Å². The lowest BCUT2D eigenvalue weighted by molar-refractivity contribution is -0.0696. The number of ether oxygens (including phenoxy) is 1. The molecule has 1 heterocycles. The van der Waals surface area contributed by atoms with E-state index in [1.165, 1.54) is 6.42 Å². The molecule has 2 rings (SSSR count). The van der Waals surface area contributed by atoms with Crippen LogP contribution in [-0.4, -0.2) is 29.6 Å². The minimum Gasteiger partial charge on any atom is -0.377 e. The molecule has 1 fully saturated rings. The molecule has 0 spiro atoms. The van der Waals surface area contributed by atoms with E-state index in [1.807, 2.05) is 6.92 Å². The summed E-state index contributed by atoms with van der Waals surface area (Å²) < 4.78 is 10.1. The molecule has 1 aliphatic carbocycles. The highest BCUT2D eigenvalue weighted by Gasteiger charge is 2.36. The topological polar surface area (TPSA) is 60.2 Å². The van der Waals surface area contributed by atoms with Crippen LogP contribution >= 0.6 is 0 Å². The summed E-state index contributed by atoms with van der Waals surface area (Å²) in [5.41, 5.74) is 1.79. The van der Waals surface area contributed by atoms with Gasteiger partial charge in [0.1, 0.15) is 11.4 Å². The molecular weight excluding hydrogens is 194 g/mol. The van der Waals surface area contributed by atoms with E-state index in [4.69, 9.17) is 4.74 Å². The normalized spacial score (nSPS) is 18.8. The Balaban J connectivity index is 1.77. The van der Waals surface area contributed by atoms with Crippen molar-refractivity contribution in [2.75, 3.05) is 13.7 Å². The molecular formula is C10H17N3O2. The van der Waals surface area contributed by atoms with E-state index in [-0.39, 0.29) is 5.60 Å². The van der Waals surface area contributed by atoms with Crippen LogP contribution in [0.3, 0.4) is 0 Å². The smallest absolute Gasteiger partial charge is 0.121 e. The predicted molar refractivity (Wildman–Crippen MR) is 54.3 cm³/mol. The van der Waals surface area contributed by atoms with Crippen LogP contribution < -0.4 is 5.32 Å². The van der Waals surface area contributed by atoms with E-state index in [9.17, 15) is 0 Å². The molecule has 0 saturated heterocycles. The Morgan fingerprint density at radius 2 is 2.27 bits per heavy atom. The first kappa shape index (κ1) is 10.6. The van der Waals surface area contributed by atoms with Gasteiger partial charge in [0.25, 0.3) is 0 Å². The van der Waals surface area contributed by atoms with Gasteiger partial charge in [0.2, 0.25) is 0 Å². The molecule has 0 aromatic carbocycles. The lowest BCUT2D eigenvalue weighted by Gasteiger charge is -2.40. The fraction of sp³-hybridized carbons (Fsp3) is 0.800. The summed E-state index contributed by atoms with van der Waals surface area (Å²) in [5, 5.41) is 10.9. The number of aromatic nitrogens is 2. The molecule has 15 heavy (non-hydrogen) atoms. The predicted octanol–water partition coefficient (Wildman–Crippen LogP) is 1.04. The summed E-state index contributed by atoms with van der Waals surface area (Å²) in [6.45, 7) is 3.46. The molecule has 1 aromatic heterocycles. The highest BCUT2D eigenvalue weighted by Crippen LogP contribution is 2.34. The molecule has 84 valence electrons. The van der Waals surface area contributed by atoms with Crippen LogP contribution in [0.25, 0.3) is 0 Å². The van der Waals surface area contributed by atoms with Gasteiger partial charge in [-0.25, -0.2) is 4.63 Å². The Bertz CT molecular complexity index is 315. The third-order valence-electron chi connectivity index (χ3n) is 3.18. The number of rotatable bonds is 5. The van der Waals surface area contributed by atoms with Crippen LogP contribution in [0.5, 0.6) is 0 Å². The van der Waals surface area contributed by atoms with Crippen molar-refractivity contribution in [2.24, 2.45) is 0 Å². The molecule has 1 aromatic rings. The molecule has 1 aliphatic rings. The molecule has 1 saturated carbocycles. The van der Waals surface area contributed by atoms with Gasteiger partial charge in [0.15, 0.2) is 0 Å². The van der Waals surface area contributed by atoms with Crippen molar-refractivity contribution in [1.29, 1.82) is 0 Å². The second-order valence-corrected chi connectivity index (χ2v) is 4.14. The van der Waals surface area contributed by atoms with Crippen LogP contribution in [0.4, 0.5) is 0 Å². The Hall–Kier alpha value is -0.940. The number of nitrogens with one attached hydrogen (secondary N) is 1. The summed E-state index contributed by atoms with van der Waals surface area (Å²) in [6.07, 6.45) is 3.55. The summed E-state index contributed by atoms with van der Waals surface area (Å²) in [5.74, 6) is 0. The number of hydrogen-bond donors (Lipinski definition) is 1. The SMILES string of the molecule is COC1(CNCc2nonc2C)CCC1. The second-order valence-electron chi connectivity index (χ2n) is 4.14. The van der Waals surface area contributed by atoms with Gasteiger partial charge in [-0.05, 0) is 26.2 Å². The van der Waals surface area contributed by atoms with E-state index < -0.39 is 0 Å². The quantitative estimate of drug-likeness (QED) is 0.788. The lowest BCUT2D eigenvalue weighted by atomic mass is 9.80. The van der Waals surface area contributed by atoms with Gasteiger partial charge in [0.05, 0.1) is 5.60 Å². The maximum atomic E-state index is 5.50. The first-order valence-corrected chi connectivity index (χ1v) is 5.30. The minimum absolute atomic E-state index is 0.0606. The van der Waals surface area contributed by atoms with Gasteiger partial charge in [-0.15, -0.1) is 0 Å². The first-order valence-electron chi connectivity index (χ1n) is 5.30. The zero-order chi connectivity index (χ0) is 10.7. The molecule has 0 unspecified atom stereocenters. The molecule has 0 aliphatic heterocycles. The lowest BCUT2D eigenvalue weighted by Crippen LogP contribution is -2.47. The average Bonchev–Trinajstić information content (AvgIpc) is 2.57. The van der Waals surface area contributed by atoms with Crippen LogP contribution in [0.15, 0.2) is 4.63 Å². The van der Waals surface area contributed by atoms with E-state index in [0.717, 1.165) is 30.8 Å². The van der Waals surface area contributed by atoms with E-state index in [1.54, 1.807) is 7.11 Å². The fourth-order valence-corrected chi connectivity index (χ4v) is 1.84. The molecule has 0 radical (unpaired) electrons. The van der Waals surface area contributed by atoms with Crippen LogP contribution in [-0.2, 0) is 11.3 Å². The van der Waals surface area contributed by atoms with E-state index in [2.05, 4.69) is 20.3 Å². The van der Waals surface area contributed by atoms with Crippen molar-refractivity contribution in [2.45, 2.75) is 38.3 Å². The van der Waals surface area contributed by atoms with Gasteiger partial charge in [-0.3, -0.25) is 0 Å². The molecule has 0 amide bonds. The summed E-state index contributed by atoms with van der Waals surface area (Å²) in [6, 6.07) is 0. The number of hydrogen-bond acceptors (Lipinski definition) is 5. The Morgan fingerprint density at radius 3 is 2.73 bits per heavy atom. The number of nitrogens with zero attached hydrogens (tertiary/aromatic N) is 2. The van der Waals surface area contributed by atoms with Gasteiger partial charge in [-0.1, -0.05) is 10.3 Å². The highest BCUT2D eigenvalue weighted by molar-refractivity contribution is 5.04. The Kier molecular flexibility index (Phi) is 3.02. The van der Waals surface area contributed by atoms with Gasteiger partial charge in [-0.2, -0.15) is 0 Å². The highest BCUT2D eigenvalue weighted by atomic mass is 16.6. The third-order valence-corrected chi connectivity index (χ3v) is 3.18. The van der Waals surface area contributed by atoms with Crippen LogP contribution in [0.1, 0.15) is 30.7 Å². The molecule has 0 bridgehead atoms. The van der Waals surface area contributed by atoms with Gasteiger partial charge >= 0.3 is 0 Å². The standard InChI is InChI=1S/C10H17N3O2/c1-8-9(13-15-12-8)6-11-7-10(14-2)4-3-5-10/h11H,3-7H2,1-2H3. The Morgan fingerprint density at radius 1 is 1.47 bits per heavy atom. The van der Waals surface area contributed by atoms with Crippen molar-refractivity contribution in [3.05, 3.63) is 11.4 Å². The monoisotopic (exact) mass is 211 g/mol. The maximum Gasteiger partial charge on any atom is 0.121 e. The largest absolute Gasteiger partial charge is 0.377 e. The zero-order valence-electron chi connectivity index (χ0n) is 9.25. The second kappa shape index (κ2) is 4.28.